The molecule has 0 amide bonds. The first-order valence-corrected chi connectivity index (χ1v) is 8.96. The van der Waals surface area contributed by atoms with Crippen LogP contribution in [0.2, 0.25) is 5.02 Å². The van der Waals surface area contributed by atoms with Crippen LogP contribution in [-0.2, 0) is 22.6 Å². The highest BCUT2D eigenvalue weighted by Crippen LogP contribution is 2.39. The zero-order valence-electron chi connectivity index (χ0n) is 16.8. The molecule has 0 N–H and O–H groups in total. The van der Waals surface area contributed by atoms with E-state index in [1.165, 1.54) is 40.6 Å². The molecule has 2 aromatic rings. The Bertz CT molecular complexity index is 865. The number of ether oxygens (including phenoxy) is 6. The SMILES string of the molecule is COc1cc(COC(=O)Cc2cc(OC)c(OC)c(OC)c2)cc(Cl)c1OC(F)F. The monoisotopic (exact) mass is 446 g/mol. The number of hydrogen-bond acceptors (Lipinski definition) is 7. The van der Waals surface area contributed by atoms with Gasteiger partial charge in [-0.2, -0.15) is 8.78 Å². The van der Waals surface area contributed by atoms with E-state index in [1.807, 2.05) is 0 Å². The molecule has 0 fully saturated rings. The molecular formula is C20H21ClF2O7. The van der Waals surface area contributed by atoms with Gasteiger partial charge in [-0.1, -0.05) is 11.6 Å². The Balaban J connectivity index is 2.10. The maximum Gasteiger partial charge on any atom is 0.387 e. The number of esters is 1. The Morgan fingerprint density at radius 1 is 0.867 bits per heavy atom. The minimum absolute atomic E-state index is 0.00141. The van der Waals surface area contributed by atoms with Crippen molar-refractivity contribution < 1.29 is 42.0 Å². The number of carbonyl (C=O) groups is 1. The third-order valence-electron chi connectivity index (χ3n) is 3.97. The predicted molar refractivity (Wildman–Crippen MR) is 104 cm³/mol. The molecule has 0 aliphatic heterocycles. The molecule has 0 atom stereocenters. The van der Waals surface area contributed by atoms with Crippen molar-refractivity contribution in [2.45, 2.75) is 19.6 Å². The van der Waals surface area contributed by atoms with Gasteiger partial charge in [-0.3, -0.25) is 4.79 Å². The fraction of sp³-hybridized carbons (Fsp3) is 0.350. The van der Waals surface area contributed by atoms with Crippen LogP contribution >= 0.6 is 11.6 Å². The second-order valence-corrected chi connectivity index (χ2v) is 6.27. The lowest BCUT2D eigenvalue weighted by Crippen LogP contribution is -2.09. The molecule has 0 radical (unpaired) electrons. The van der Waals surface area contributed by atoms with E-state index < -0.39 is 12.6 Å². The quantitative estimate of drug-likeness (QED) is 0.505. The van der Waals surface area contributed by atoms with Crippen LogP contribution in [0.15, 0.2) is 24.3 Å². The molecule has 0 aliphatic carbocycles. The summed E-state index contributed by atoms with van der Waals surface area (Å²) in [6.45, 7) is -3.20. The lowest BCUT2D eigenvalue weighted by molar-refractivity contribution is -0.144. The summed E-state index contributed by atoms with van der Waals surface area (Å²) in [6.07, 6.45) is -0.0614. The molecule has 0 saturated carbocycles. The number of rotatable bonds is 10. The second-order valence-electron chi connectivity index (χ2n) is 5.86. The lowest BCUT2D eigenvalue weighted by Gasteiger charge is -2.15. The van der Waals surface area contributed by atoms with Crippen LogP contribution in [0.1, 0.15) is 11.1 Å². The molecule has 2 aromatic carbocycles. The highest BCUT2D eigenvalue weighted by atomic mass is 35.5. The van der Waals surface area contributed by atoms with Crippen LogP contribution in [0.5, 0.6) is 28.7 Å². The molecule has 7 nitrogen and oxygen atoms in total. The number of hydrogen-bond donors (Lipinski definition) is 0. The third kappa shape index (κ3) is 5.79. The zero-order valence-corrected chi connectivity index (χ0v) is 17.5. The van der Waals surface area contributed by atoms with Gasteiger partial charge < -0.3 is 28.4 Å². The van der Waals surface area contributed by atoms with Crippen LogP contribution in [0.3, 0.4) is 0 Å². The first-order valence-electron chi connectivity index (χ1n) is 8.58. The fourth-order valence-corrected chi connectivity index (χ4v) is 2.96. The van der Waals surface area contributed by atoms with Crippen LogP contribution in [-0.4, -0.2) is 41.0 Å². The number of methoxy groups -OCH3 is 4. The summed E-state index contributed by atoms with van der Waals surface area (Å²) in [6, 6.07) is 6.03. The van der Waals surface area contributed by atoms with Gasteiger partial charge in [0.2, 0.25) is 5.75 Å². The molecule has 0 saturated heterocycles. The molecule has 0 heterocycles. The molecule has 0 aromatic heterocycles. The summed E-state index contributed by atoms with van der Waals surface area (Å²) in [5, 5.41) is -0.0923. The van der Waals surface area contributed by atoms with Gasteiger partial charge >= 0.3 is 12.6 Å². The average Bonchev–Trinajstić information content (AvgIpc) is 2.72. The van der Waals surface area contributed by atoms with Crippen molar-refractivity contribution in [2.24, 2.45) is 0 Å². The van der Waals surface area contributed by atoms with Gasteiger partial charge in [0, 0.05) is 0 Å². The van der Waals surface area contributed by atoms with Crippen LogP contribution < -0.4 is 23.7 Å². The molecule has 0 spiro atoms. The summed E-state index contributed by atoms with van der Waals surface area (Å²) in [7, 11) is 5.70. The summed E-state index contributed by atoms with van der Waals surface area (Å²) in [5.74, 6) is 0.397. The van der Waals surface area contributed by atoms with E-state index in [0.717, 1.165) is 0 Å². The molecule has 0 bridgehead atoms. The Labute approximate surface area is 177 Å². The number of benzene rings is 2. The Morgan fingerprint density at radius 3 is 1.90 bits per heavy atom. The normalized spacial score (nSPS) is 10.5. The Morgan fingerprint density at radius 2 is 1.40 bits per heavy atom. The van der Waals surface area contributed by atoms with Crippen LogP contribution in [0, 0.1) is 0 Å². The maximum absolute atomic E-state index is 12.5. The highest BCUT2D eigenvalue weighted by molar-refractivity contribution is 6.32. The van der Waals surface area contributed by atoms with Crippen molar-refractivity contribution >= 4 is 17.6 Å². The zero-order chi connectivity index (χ0) is 22.3. The van der Waals surface area contributed by atoms with Crippen molar-refractivity contribution in [3.05, 3.63) is 40.4 Å². The Kier molecular flexibility index (Phi) is 8.35. The molecule has 2 rings (SSSR count). The lowest BCUT2D eigenvalue weighted by atomic mass is 10.1. The minimum Gasteiger partial charge on any atom is -0.493 e. The van der Waals surface area contributed by atoms with Gasteiger partial charge in [0.25, 0.3) is 0 Å². The second kappa shape index (κ2) is 10.7. The summed E-state index contributed by atoms with van der Waals surface area (Å²) in [4.78, 5) is 12.3. The Hall–Kier alpha value is -2.94. The van der Waals surface area contributed by atoms with Crippen molar-refractivity contribution in [1.29, 1.82) is 0 Å². The largest absolute Gasteiger partial charge is 0.493 e. The molecule has 164 valence electrons. The molecule has 10 heteroatoms. The number of halogens is 3. The van der Waals surface area contributed by atoms with Crippen molar-refractivity contribution in [3.63, 3.8) is 0 Å². The van der Waals surface area contributed by atoms with E-state index in [0.29, 0.717) is 28.4 Å². The van der Waals surface area contributed by atoms with Gasteiger partial charge in [-0.25, -0.2) is 0 Å². The molecular weight excluding hydrogens is 426 g/mol. The summed E-state index contributed by atoms with van der Waals surface area (Å²) in [5.41, 5.74) is 1.03. The van der Waals surface area contributed by atoms with E-state index in [2.05, 4.69) is 4.74 Å². The minimum atomic E-state index is -3.06. The first-order chi connectivity index (χ1) is 14.3. The summed E-state index contributed by atoms with van der Waals surface area (Å²) < 4.78 is 55.4. The fourth-order valence-electron chi connectivity index (χ4n) is 2.68. The van der Waals surface area contributed by atoms with E-state index in [4.69, 9.17) is 35.3 Å². The van der Waals surface area contributed by atoms with E-state index in [-0.39, 0.29) is 29.5 Å². The predicted octanol–water partition coefficient (Wildman–Crippen LogP) is 4.26. The van der Waals surface area contributed by atoms with Crippen molar-refractivity contribution in [1.82, 2.24) is 0 Å². The van der Waals surface area contributed by atoms with E-state index in [1.54, 1.807) is 12.1 Å². The van der Waals surface area contributed by atoms with Gasteiger partial charge in [-0.15, -0.1) is 0 Å². The topological polar surface area (TPSA) is 72.5 Å². The summed E-state index contributed by atoms with van der Waals surface area (Å²) >= 11 is 5.98. The number of alkyl halides is 2. The van der Waals surface area contributed by atoms with E-state index in [9.17, 15) is 13.6 Å². The third-order valence-corrected chi connectivity index (χ3v) is 4.25. The maximum atomic E-state index is 12.5. The van der Waals surface area contributed by atoms with E-state index >= 15 is 0 Å². The average molecular weight is 447 g/mol. The molecule has 30 heavy (non-hydrogen) atoms. The van der Waals surface area contributed by atoms with Crippen LogP contribution in [0.4, 0.5) is 8.78 Å². The molecule has 0 aliphatic rings. The first kappa shape index (κ1) is 23.3. The standard InChI is InChI=1S/C20H21ClF2O7/c1-25-14-8-12(5-13(21)18(14)30-20(22)23)10-29-17(24)9-11-6-15(26-2)19(28-4)16(7-11)27-3/h5-8,20H,9-10H2,1-4H3. The smallest absolute Gasteiger partial charge is 0.387 e. The highest BCUT2D eigenvalue weighted by Gasteiger charge is 2.18. The van der Waals surface area contributed by atoms with Crippen LogP contribution in [0.25, 0.3) is 0 Å². The van der Waals surface area contributed by atoms with Gasteiger partial charge in [0.15, 0.2) is 23.0 Å². The van der Waals surface area contributed by atoms with Gasteiger partial charge in [0.1, 0.15) is 6.61 Å². The van der Waals surface area contributed by atoms with Crippen molar-refractivity contribution in [2.75, 3.05) is 28.4 Å². The van der Waals surface area contributed by atoms with Gasteiger partial charge in [-0.05, 0) is 35.4 Å². The van der Waals surface area contributed by atoms with Gasteiger partial charge in [0.05, 0.1) is 39.9 Å². The van der Waals surface area contributed by atoms with Crippen molar-refractivity contribution in [3.8, 4) is 28.7 Å². The molecule has 0 unspecified atom stereocenters. The number of carbonyl (C=O) groups excluding carboxylic acids is 1.